The largest absolute Gasteiger partial charge is 0.388 e. The minimum Gasteiger partial charge on any atom is -0.388 e. The molecule has 0 atom stereocenters. The maximum atomic E-state index is 11.4. The molecule has 2 nitrogen and oxygen atoms in total. The number of hydrogen-bond donors (Lipinski definition) is 1. The highest BCUT2D eigenvalue weighted by Crippen LogP contribution is 2.17. The van der Waals surface area contributed by atoms with Crippen molar-refractivity contribution >= 4 is 11.5 Å². The Bertz CT molecular complexity index is 342. The van der Waals surface area contributed by atoms with Crippen molar-refractivity contribution in [3.8, 4) is 0 Å². The van der Waals surface area contributed by atoms with E-state index in [2.05, 4.69) is 11.9 Å². The Kier molecular flexibility index (Phi) is 6.11. The van der Waals surface area contributed by atoms with E-state index in [-0.39, 0.29) is 5.78 Å². The minimum atomic E-state index is -0.0481. The Balaban J connectivity index is 0.000000921. The zero-order valence-electron chi connectivity index (χ0n) is 9.92. The predicted molar refractivity (Wildman–Crippen MR) is 66.6 cm³/mol. The van der Waals surface area contributed by atoms with Crippen LogP contribution in [-0.4, -0.2) is 12.8 Å². The second-order valence-electron chi connectivity index (χ2n) is 2.87. The van der Waals surface area contributed by atoms with E-state index in [1.807, 2.05) is 39.0 Å². The zero-order chi connectivity index (χ0) is 11.8. The van der Waals surface area contributed by atoms with Gasteiger partial charge < -0.3 is 5.32 Å². The quantitative estimate of drug-likeness (QED) is 0.605. The smallest absolute Gasteiger partial charge is 0.187 e. The van der Waals surface area contributed by atoms with E-state index in [0.29, 0.717) is 5.56 Å². The number of ketones is 1. The summed E-state index contributed by atoms with van der Waals surface area (Å²) in [6, 6.07) is 5.72. The Morgan fingerprint density at radius 1 is 1.40 bits per heavy atom. The van der Waals surface area contributed by atoms with Crippen molar-refractivity contribution in [3.63, 3.8) is 0 Å². The van der Waals surface area contributed by atoms with E-state index < -0.39 is 0 Å². The van der Waals surface area contributed by atoms with Crippen LogP contribution in [0.25, 0.3) is 0 Å². The number of aryl methyl sites for hydroxylation is 1. The van der Waals surface area contributed by atoms with Gasteiger partial charge in [0.25, 0.3) is 0 Å². The van der Waals surface area contributed by atoms with Crippen LogP contribution >= 0.6 is 0 Å². The van der Waals surface area contributed by atoms with Gasteiger partial charge in [-0.25, -0.2) is 0 Å². The molecule has 1 aromatic carbocycles. The Hall–Kier alpha value is -1.57. The molecular formula is C13H19NO. The molecule has 82 valence electrons. The lowest BCUT2D eigenvalue weighted by molar-refractivity contribution is 0.104. The molecule has 0 aliphatic carbocycles. The molecule has 0 radical (unpaired) electrons. The molecule has 1 rings (SSSR count). The third-order valence-electron chi connectivity index (χ3n) is 1.90. The van der Waals surface area contributed by atoms with Gasteiger partial charge >= 0.3 is 0 Å². The lowest BCUT2D eigenvalue weighted by Gasteiger charge is -2.06. The van der Waals surface area contributed by atoms with E-state index in [4.69, 9.17) is 0 Å². The highest BCUT2D eigenvalue weighted by molar-refractivity contribution is 6.08. The summed E-state index contributed by atoms with van der Waals surface area (Å²) in [6.45, 7) is 9.42. The molecule has 0 unspecified atom stereocenters. The summed E-state index contributed by atoms with van der Waals surface area (Å²) in [5.74, 6) is -0.0481. The Morgan fingerprint density at radius 3 is 2.47 bits per heavy atom. The lowest BCUT2D eigenvalue weighted by Crippen LogP contribution is -2.01. The second kappa shape index (κ2) is 6.82. The van der Waals surface area contributed by atoms with Gasteiger partial charge in [0.15, 0.2) is 5.78 Å². The molecule has 0 fully saturated rings. The van der Waals surface area contributed by atoms with E-state index in [1.54, 1.807) is 7.05 Å². The van der Waals surface area contributed by atoms with Gasteiger partial charge in [0.1, 0.15) is 0 Å². The maximum absolute atomic E-state index is 11.4. The SMILES string of the molecule is C=CC(=O)c1cc(C)ccc1NC.CC. The van der Waals surface area contributed by atoms with Crippen LogP contribution in [0.4, 0.5) is 5.69 Å². The normalized spacial score (nSPS) is 8.53. The summed E-state index contributed by atoms with van der Waals surface area (Å²) >= 11 is 0. The Morgan fingerprint density at radius 2 is 2.00 bits per heavy atom. The first-order valence-electron chi connectivity index (χ1n) is 5.14. The van der Waals surface area contributed by atoms with Gasteiger partial charge in [-0.15, -0.1) is 0 Å². The molecule has 1 N–H and O–H groups in total. The number of carbonyl (C=O) groups excluding carboxylic acids is 1. The highest BCUT2D eigenvalue weighted by Gasteiger charge is 2.06. The first-order chi connectivity index (χ1) is 7.19. The number of nitrogens with one attached hydrogen (secondary N) is 1. The van der Waals surface area contributed by atoms with E-state index in [0.717, 1.165) is 11.3 Å². The number of anilines is 1. The second-order valence-corrected chi connectivity index (χ2v) is 2.87. The van der Waals surface area contributed by atoms with Crippen molar-refractivity contribution in [3.05, 3.63) is 42.0 Å². The van der Waals surface area contributed by atoms with Crippen molar-refractivity contribution in [2.24, 2.45) is 0 Å². The van der Waals surface area contributed by atoms with Gasteiger partial charge in [0.05, 0.1) is 0 Å². The van der Waals surface area contributed by atoms with E-state index in [9.17, 15) is 4.79 Å². The molecule has 0 spiro atoms. The number of benzene rings is 1. The van der Waals surface area contributed by atoms with E-state index >= 15 is 0 Å². The third kappa shape index (κ3) is 3.58. The number of rotatable bonds is 3. The first kappa shape index (κ1) is 13.4. The standard InChI is InChI=1S/C11H13NO.C2H6/c1-4-11(13)9-7-8(2)5-6-10(9)12-3;1-2/h4-7,12H,1H2,2-3H3;1-2H3. The number of allylic oxidation sites excluding steroid dienone is 1. The molecule has 0 heterocycles. The number of carbonyl (C=O) groups is 1. The van der Waals surface area contributed by atoms with Crippen molar-refractivity contribution in [1.29, 1.82) is 0 Å². The van der Waals surface area contributed by atoms with Crippen LogP contribution < -0.4 is 5.32 Å². The maximum Gasteiger partial charge on any atom is 0.187 e. The summed E-state index contributed by atoms with van der Waals surface area (Å²) in [5.41, 5.74) is 2.59. The van der Waals surface area contributed by atoms with Crippen molar-refractivity contribution in [2.45, 2.75) is 20.8 Å². The molecule has 0 amide bonds. The van der Waals surface area contributed by atoms with Crippen LogP contribution in [0.15, 0.2) is 30.9 Å². The van der Waals surface area contributed by atoms with Crippen molar-refractivity contribution in [1.82, 2.24) is 0 Å². The molecule has 15 heavy (non-hydrogen) atoms. The van der Waals surface area contributed by atoms with Gasteiger partial charge in [0.2, 0.25) is 0 Å². The van der Waals surface area contributed by atoms with Crippen LogP contribution in [0.2, 0.25) is 0 Å². The van der Waals surface area contributed by atoms with Crippen LogP contribution in [-0.2, 0) is 0 Å². The fourth-order valence-corrected chi connectivity index (χ4v) is 1.19. The minimum absolute atomic E-state index is 0.0481. The van der Waals surface area contributed by atoms with Gasteiger partial charge in [-0.2, -0.15) is 0 Å². The van der Waals surface area contributed by atoms with Gasteiger partial charge in [-0.1, -0.05) is 32.1 Å². The summed E-state index contributed by atoms with van der Waals surface area (Å²) in [7, 11) is 1.80. The Labute approximate surface area is 92.0 Å². The molecule has 0 aromatic heterocycles. The molecule has 0 bridgehead atoms. The highest BCUT2D eigenvalue weighted by atomic mass is 16.1. The topological polar surface area (TPSA) is 29.1 Å². The average Bonchev–Trinajstić information content (AvgIpc) is 2.30. The molecule has 1 aromatic rings. The fraction of sp³-hybridized carbons (Fsp3) is 0.308. The lowest BCUT2D eigenvalue weighted by atomic mass is 10.1. The summed E-state index contributed by atoms with van der Waals surface area (Å²) in [5, 5.41) is 2.97. The third-order valence-corrected chi connectivity index (χ3v) is 1.90. The van der Waals surface area contributed by atoms with Crippen LogP contribution in [0.3, 0.4) is 0 Å². The van der Waals surface area contributed by atoms with Crippen LogP contribution in [0.1, 0.15) is 29.8 Å². The van der Waals surface area contributed by atoms with Crippen LogP contribution in [0.5, 0.6) is 0 Å². The summed E-state index contributed by atoms with van der Waals surface area (Å²) in [6.07, 6.45) is 1.33. The summed E-state index contributed by atoms with van der Waals surface area (Å²) in [4.78, 5) is 11.4. The molecule has 2 heteroatoms. The molecule has 0 aliphatic rings. The number of hydrogen-bond acceptors (Lipinski definition) is 2. The fourth-order valence-electron chi connectivity index (χ4n) is 1.19. The van der Waals surface area contributed by atoms with Crippen molar-refractivity contribution < 1.29 is 4.79 Å². The molecule has 0 saturated heterocycles. The first-order valence-corrected chi connectivity index (χ1v) is 5.14. The van der Waals surface area contributed by atoms with Gasteiger partial charge in [0, 0.05) is 18.3 Å². The molecular weight excluding hydrogens is 186 g/mol. The predicted octanol–water partition coefficient (Wildman–Crippen LogP) is 3.43. The van der Waals surface area contributed by atoms with Crippen molar-refractivity contribution in [2.75, 3.05) is 12.4 Å². The molecule has 0 saturated carbocycles. The monoisotopic (exact) mass is 205 g/mol. The van der Waals surface area contributed by atoms with Gasteiger partial charge in [-0.3, -0.25) is 4.79 Å². The zero-order valence-corrected chi connectivity index (χ0v) is 9.92. The molecule has 0 aliphatic heterocycles. The summed E-state index contributed by atoms with van der Waals surface area (Å²) < 4.78 is 0. The van der Waals surface area contributed by atoms with Gasteiger partial charge in [-0.05, 0) is 25.1 Å². The van der Waals surface area contributed by atoms with Crippen LogP contribution in [0, 0.1) is 6.92 Å². The average molecular weight is 205 g/mol. The van der Waals surface area contributed by atoms with E-state index in [1.165, 1.54) is 6.08 Å².